The highest BCUT2D eigenvalue weighted by Gasteiger charge is 2.71. The number of rotatable bonds is 7. The number of carbonyl (C=O) groups excluding carboxylic acids is 1. The predicted octanol–water partition coefficient (Wildman–Crippen LogP) is 11.6. The molecule has 0 amide bonds. The topological polar surface area (TPSA) is 46.5 Å². The van der Waals surface area contributed by atoms with Gasteiger partial charge >= 0.3 is 18.3 Å². The summed E-state index contributed by atoms with van der Waals surface area (Å²) < 4.78 is 81.7. The van der Waals surface area contributed by atoms with Gasteiger partial charge in [0.1, 0.15) is 5.60 Å². The smallest absolute Gasteiger partial charge is 0.430 e. The van der Waals surface area contributed by atoms with Gasteiger partial charge in [-0.2, -0.15) is 26.3 Å². The maximum absolute atomic E-state index is 12.6. The van der Waals surface area contributed by atoms with Crippen LogP contribution >= 0.6 is 0 Å². The van der Waals surface area contributed by atoms with Crippen molar-refractivity contribution in [3.8, 4) is 0 Å². The highest BCUT2D eigenvalue weighted by atomic mass is 19.4. The highest BCUT2D eigenvalue weighted by molar-refractivity contribution is 5.76. The molecule has 252 valence electrons. The summed E-state index contributed by atoms with van der Waals surface area (Å²) in [7, 11) is 0. The van der Waals surface area contributed by atoms with Crippen molar-refractivity contribution < 1.29 is 41.0 Å². The molecule has 1 aromatic rings. The molecule has 1 unspecified atom stereocenters. The van der Waals surface area contributed by atoms with E-state index in [-0.39, 0.29) is 52.6 Å². The number of aliphatic hydroxyl groups is 1. The normalized spacial score (nSPS) is 18.4. The van der Waals surface area contributed by atoms with Gasteiger partial charge in [-0.25, -0.2) is 0 Å². The summed E-state index contributed by atoms with van der Waals surface area (Å²) in [4.78, 5) is 12.2. The van der Waals surface area contributed by atoms with Crippen molar-refractivity contribution in [3.05, 3.63) is 35.4 Å². The predicted molar refractivity (Wildman–Crippen MR) is 163 cm³/mol. The van der Waals surface area contributed by atoms with Crippen molar-refractivity contribution in [2.24, 2.45) is 17.3 Å². The van der Waals surface area contributed by atoms with E-state index in [1.54, 1.807) is 6.92 Å². The molecule has 2 rings (SSSR count). The third kappa shape index (κ3) is 11.4. The van der Waals surface area contributed by atoms with Crippen molar-refractivity contribution >= 4 is 5.97 Å². The fourth-order valence-electron chi connectivity index (χ4n) is 4.34. The molecule has 42 heavy (non-hydrogen) atoms. The fourth-order valence-corrected chi connectivity index (χ4v) is 4.34. The first-order valence-corrected chi connectivity index (χ1v) is 13.3. The SMILES string of the molecule is C.C.C.C.CCC(C)(C)C(=O)OC(C)(C)C1CCC(C)CC1.CCC(C)c1ccc(C(O)(C(F)(F)F)C(F)(F)F)cc1. The van der Waals surface area contributed by atoms with Crippen LogP contribution in [0.2, 0.25) is 0 Å². The van der Waals surface area contributed by atoms with Gasteiger partial charge in [-0.05, 0) is 76.7 Å². The summed E-state index contributed by atoms with van der Waals surface area (Å²) in [6.45, 7) is 16.1. The van der Waals surface area contributed by atoms with Crippen LogP contribution < -0.4 is 0 Å². The molecule has 1 N–H and O–H groups in total. The van der Waals surface area contributed by atoms with E-state index < -0.39 is 23.5 Å². The second kappa shape index (κ2) is 17.5. The number of hydrogen-bond donors (Lipinski definition) is 1. The number of halogens is 6. The molecule has 0 saturated heterocycles. The molecule has 1 fully saturated rings. The monoisotopic (exact) mass is 618 g/mol. The lowest BCUT2D eigenvalue weighted by atomic mass is 9.75. The van der Waals surface area contributed by atoms with Crippen LogP contribution in [0.5, 0.6) is 0 Å². The molecule has 1 aliphatic carbocycles. The van der Waals surface area contributed by atoms with Crippen LogP contribution in [0.15, 0.2) is 24.3 Å². The molecule has 0 heterocycles. The van der Waals surface area contributed by atoms with E-state index in [0.29, 0.717) is 30.0 Å². The third-order valence-electron chi connectivity index (χ3n) is 8.12. The quantitative estimate of drug-likeness (QED) is 0.244. The van der Waals surface area contributed by atoms with Crippen molar-refractivity contribution in [2.45, 2.75) is 153 Å². The second-order valence-electron chi connectivity index (χ2n) is 11.8. The Morgan fingerprint density at radius 3 is 1.60 bits per heavy atom. The first-order chi connectivity index (χ1) is 17.1. The fraction of sp³-hybridized carbons (Fsp3) is 0.788. The summed E-state index contributed by atoms with van der Waals surface area (Å²) in [6.07, 6.45) is -5.26. The van der Waals surface area contributed by atoms with E-state index in [9.17, 15) is 36.2 Å². The number of esters is 1. The molecule has 1 saturated carbocycles. The molecule has 3 nitrogen and oxygen atoms in total. The summed E-state index contributed by atoms with van der Waals surface area (Å²) in [5.74, 6) is 1.31. The zero-order chi connectivity index (χ0) is 29.7. The molecule has 1 aromatic carbocycles. The van der Waals surface area contributed by atoms with E-state index in [0.717, 1.165) is 12.3 Å². The molecule has 0 aliphatic heterocycles. The molecular formula is C33H60F6O3. The van der Waals surface area contributed by atoms with Gasteiger partial charge in [-0.15, -0.1) is 0 Å². The third-order valence-corrected chi connectivity index (χ3v) is 8.12. The maximum Gasteiger partial charge on any atom is 0.430 e. The Balaban J connectivity index is -0.000000315. The molecule has 0 radical (unpaired) electrons. The van der Waals surface area contributed by atoms with Crippen LogP contribution in [0.1, 0.15) is 141 Å². The van der Waals surface area contributed by atoms with E-state index in [4.69, 9.17) is 4.74 Å². The summed E-state index contributed by atoms with van der Waals surface area (Å²) in [5, 5.41) is 9.19. The van der Waals surface area contributed by atoms with E-state index in [1.807, 2.05) is 27.7 Å². The van der Waals surface area contributed by atoms with Gasteiger partial charge in [0.25, 0.3) is 5.60 Å². The minimum Gasteiger partial charge on any atom is -0.459 e. The summed E-state index contributed by atoms with van der Waals surface area (Å²) in [5.41, 5.74) is -6.15. The van der Waals surface area contributed by atoms with Crippen molar-refractivity contribution in [2.75, 3.05) is 0 Å². The Morgan fingerprint density at radius 2 is 1.26 bits per heavy atom. The van der Waals surface area contributed by atoms with Crippen molar-refractivity contribution in [3.63, 3.8) is 0 Å². The van der Waals surface area contributed by atoms with Crippen molar-refractivity contribution in [1.29, 1.82) is 0 Å². The van der Waals surface area contributed by atoms with E-state index >= 15 is 0 Å². The van der Waals surface area contributed by atoms with Crippen LogP contribution in [-0.2, 0) is 15.1 Å². The number of benzene rings is 1. The van der Waals surface area contributed by atoms with Crippen LogP contribution in [-0.4, -0.2) is 29.0 Å². The van der Waals surface area contributed by atoms with Crippen LogP contribution in [0.25, 0.3) is 0 Å². The Labute approximate surface area is 252 Å². The first kappa shape index (κ1) is 47.2. The largest absolute Gasteiger partial charge is 0.459 e. The minimum absolute atomic E-state index is 0. The van der Waals surface area contributed by atoms with Gasteiger partial charge in [0, 0.05) is 5.56 Å². The van der Waals surface area contributed by atoms with Gasteiger partial charge in [-0.1, -0.05) is 94.5 Å². The second-order valence-corrected chi connectivity index (χ2v) is 11.8. The standard InChI is InChI=1S/C16H30O2.C13H14F6O.4CH4/c1-7-15(3,4)14(17)18-16(5,6)13-10-8-12(2)9-11-13;1-3-8(2)9-4-6-10(7-5-9)11(20,12(14,15)16)13(17,18)19;;;;/h12-13H,7-11H2,1-6H3;4-8,20H,3H2,1-2H3;4*1H4. The lowest BCUT2D eigenvalue weighted by molar-refractivity contribution is -0.376. The minimum atomic E-state index is -5.84. The molecule has 0 spiro atoms. The Morgan fingerprint density at radius 1 is 0.857 bits per heavy atom. The summed E-state index contributed by atoms with van der Waals surface area (Å²) in [6, 6.07) is 3.68. The molecule has 1 aliphatic rings. The average molecular weight is 619 g/mol. The first-order valence-electron chi connectivity index (χ1n) is 13.3. The molecule has 0 aromatic heterocycles. The lowest BCUT2D eigenvalue weighted by Gasteiger charge is -2.39. The highest BCUT2D eigenvalue weighted by Crippen LogP contribution is 2.50. The van der Waals surface area contributed by atoms with Gasteiger partial charge in [0.15, 0.2) is 0 Å². The van der Waals surface area contributed by atoms with Crippen LogP contribution in [0, 0.1) is 17.3 Å². The summed E-state index contributed by atoms with van der Waals surface area (Å²) >= 11 is 0. The van der Waals surface area contributed by atoms with Gasteiger partial charge in [0.2, 0.25) is 0 Å². The van der Waals surface area contributed by atoms with Crippen LogP contribution in [0.4, 0.5) is 26.3 Å². The Bertz CT molecular complexity index is 867. The molecular weight excluding hydrogens is 558 g/mol. The van der Waals surface area contributed by atoms with E-state index in [1.165, 1.54) is 37.8 Å². The van der Waals surface area contributed by atoms with Crippen LogP contribution in [0.3, 0.4) is 0 Å². The van der Waals surface area contributed by atoms with Gasteiger partial charge in [0.05, 0.1) is 5.41 Å². The number of alkyl halides is 6. The van der Waals surface area contributed by atoms with Gasteiger partial charge in [-0.3, -0.25) is 4.79 Å². The number of ether oxygens (including phenoxy) is 1. The zero-order valence-electron chi connectivity index (χ0n) is 23.8. The van der Waals surface area contributed by atoms with E-state index in [2.05, 4.69) is 20.8 Å². The molecule has 0 bridgehead atoms. The molecule has 9 heteroatoms. The Hall–Kier alpha value is -1.77. The molecule has 1 atom stereocenters. The average Bonchev–Trinajstić information content (AvgIpc) is 2.82. The maximum atomic E-state index is 12.6. The Kier molecular flexibility index (Phi) is 19.7. The van der Waals surface area contributed by atoms with Gasteiger partial charge < -0.3 is 9.84 Å². The lowest BCUT2D eigenvalue weighted by Crippen LogP contribution is -2.53. The number of carbonyl (C=O) groups is 1. The van der Waals surface area contributed by atoms with Crippen molar-refractivity contribution in [1.82, 2.24) is 0 Å². The zero-order valence-corrected chi connectivity index (χ0v) is 23.8. The number of hydrogen-bond acceptors (Lipinski definition) is 3.